The Bertz CT molecular complexity index is 803. The van der Waals surface area contributed by atoms with Crippen molar-refractivity contribution < 1.29 is 19.4 Å². The van der Waals surface area contributed by atoms with E-state index in [-0.39, 0.29) is 17.0 Å². The molecule has 0 aromatic heterocycles. The molecule has 3 rings (SSSR count). The Morgan fingerprint density at radius 1 is 1.41 bits per heavy atom. The first kappa shape index (κ1) is 20.0. The lowest BCUT2D eigenvalue weighted by molar-refractivity contribution is -0.158. The predicted molar refractivity (Wildman–Crippen MR) is 110 cm³/mol. The van der Waals surface area contributed by atoms with Crippen LogP contribution >= 0.6 is 11.8 Å². The summed E-state index contributed by atoms with van der Waals surface area (Å²) in [4.78, 5) is 27.6. The Morgan fingerprint density at radius 3 is 2.70 bits per heavy atom. The zero-order valence-corrected chi connectivity index (χ0v) is 17.9. The maximum absolute atomic E-state index is 12.8. The molecule has 27 heavy (non-hydrogen) atoms. The van der Waals surface area contributed by atoms with Gasteiger partial charge in [-0.05, 0) is 30.7 Å². The summed E-state index contributed by atoms with van der Waals surface area (Å²) >= 11 is 1.41. The number of ether oxygens (including phenoxy) is 1. The molecule has 0 unspecified atom stereocenters. The Morgan fingerprint density at radius 2 is 2.11 bits per heavy atom. The molecule has 3 N–H and O–H groups in total. The van der Waals surface area contributed by atoms with E-state index >= 15 is 0 Å². The Balaban J connectivity index is 1.90. The molecule has 1 fully saturated rings. The summed E-state index contributed by atoms with van der Waals surface area (Å²) in [5.41, 5.74) is 7.54. The van der Waals surface area contributed by atoms with Crippen molar-refractivity contribution in [2.45, 2.75) is 44.1 Å². The number of nitrogen functional groups attached to an aromatic ring is 1. The highest BCUT2D eigenvalue weighted by atomic mass is 32.2. The molecule has 1 aromatic rings. The van der Waals surface area contributed by atoms with Crippen molar-refractivity contribution in [1.29, 1.82) is 0 Å². The average Bonchev–Trinajstić information content (AvgIpc) is 2.88. The van der Waals surface area contributed by atoms with E-state index in [1.165, 1.54) is 16.7 Å². The van der Waals surface area contributed by atoms with E-state index < -0.39 is 26.1 Å². The molecule has 0 radical (unpaired) electrons. The summed E-state index contributed by atoms with van der Waals surface area (Å²) in [6.45, 7) is 8.59. The number of amides is 1. The number of rotatable bonds is 6. The Hall–Kier alpha value is -1.77. The molecule has 8 heteroatoms. The number of thioether (sulfide) groups is 1. The van der Waals surface area contributed by atoms with Gasteiger partial charge < -0.3 is 15.6 Å². The van der Waals surface area contributed by atoms with Gasteiger partial charge >= 0.3 is 5.97 Å². The highest BCUT2D eigenvalue weighted by Gasteiger charge is 2.58. The number of esters is 1. The number of hydrogen-bond acceptors (Lipinski definition) is 6. The van der Waals surface area contributed by atoms with Crippen molar-refractivity contribution in [2.75, 3.05) is 12.3 Å². The number of benzene rings is 1. The van der Waals surface area contributed by atoms with Gasteiger partial charge in [-0.25, -0.2) is 4.79 Å². The minimum Gasteiger partial charge on any atom is -0.461 e. The smallest absolute Gasteiger partial charge is 0.356 e. The van der Waals surface area contributed by atoms with Crippen LogP contribution < -0.4 is 5.73 Å². The van der Waals surface area contributed by atoms with Crippen LogP contribution in [0.15, 0.2) is 30.0 Å². The van der Waals surface area contributed by atoms with Gasteiger partial charge in [0, 0.05) is 18.7 Å². The summed E-state index contributed by atoms with van der Waals surface area (Å²) in [6.07, 6.45) is -0.768. The van der Waals surface area contributed by atoms with E-state index in [1.807, 2.05) is 12.1 Å². The van der Waals surface area contributed by atoms with Crippen LogP contribution in [0.25, 0.3) is 4.91 Å². The van der Waals surface area contributed by atoms with Crippen molar-refractivity contribution in [3.05, 3.63) is 35.5 Å². The second-order valence-electron chi connectivity index (χ2n) is 8.23. The van der Waals surface area contributed by atoms with Crippen molar-refractivity contribution >= 4 is 42.3 Å². The first-order valence-corrected chi connectivity index (χ1v) is 13.6. The third-order valence-electron chi connectivity index (χ3n) is 4.73. The molecule has 1 aromatic carbocycles. The molecule has 2 heterocycles. The van der Waals surface area contributed by atoms with Gasteiger partial charge in [-0.1, -0.05) is 43.5 Å². The normalized spacial score (nSPS) is 23.1. The number of nitrogens with zero attached hydrogens (tertiary/aromatic N) is 1. The van der Waals surface area contributed by atoms with Crippen molar-refractivity contribution in [2.24, 2.45) is 5.92 Å². The number of fused-ring (bicyclic) bond motifs is 1. The zero-order chi connectivity index (χ0) is 19.9. The van der Waals surface area contributed by atoms with Gasteiger partial charge in [0.2, 0.25) is 5.91 Å². The van der Waals surface area contributed by atoms with Gasteiger partial charge in [0.1, 0.15) is 11.1 Å². The number of aliphatic hydroxyl groups excluding tert-OH is 1. The topological polar surface area (TPSA) is 92.9 Å². The minimum atomic E-state index is -1.34. The Labute approximate surface area is 164 Å². The van der Waals surface area contributed by atoms with E-state index in [9.17, 15) is 14.7 Å². The fraction of sp³-hybridized carbons (Fsp3) is 0.474. The SMILES string of the molecule is C[C@@H](O)[C@H]1C(=O)N2C(C(=O)OCC[Si](C)(C)C)=C(c3cccc(N)c3)S[C@H]12. The molecule has 0 spiro atoms. The lowest BCUT2D eigenvalue weighted by atomic mass is 9.92. The Kier molecular flexibility index (Phi) is 5.42. The van der Waals surface area contributed by atoms with Crippen LogP contribution in [0.1, 0.15) is 12.5 Å². The van der Waals surface area contributed by atoms with E-state index in [0.717, 1.165) is 11.6 Å². The summed E-state index contributed by atoms with van der Waals surface area (Å²) in [5, 5.41) is 9.65. The number of nitrogens with two attached hydrogens (primary N) is 1. The third kappa shape index (κ3) is 3.92. The molecule has 0 aliphatic carbocycles. The van der Waals surface area contributed by atoms with Crippen LogP contribution in [-0.4, -0.2) is 48.0 Å². The summed E-state index contributed by atoms with van der Waals surface area (Å²) < 4.78 is 5.52. The van der Waals surface area contributed by atoms with Gasteiger partial charge in [-0.2, -0.15) is 0 Å². The van der Waals surface area contributed by atoms with Crippen LogP contribution in [-0.2, 0) is 14.3 Å². The van der Waals surface area contributed by atoms with Crippen LogP contribution in [0, 0.1) is 5.92 Å². The lowest BCUT2D eigenvalue weighted by Crippen LogP contribution is -2.60. The van der Waals surface area contributed by atoms with E-state index in [0.29, 0.717) is 17.2 Å². The van der Waals surface area contributed by atoms with Crippen LogP contribution in [0.3, 0.4) is 0 Å². The van der Waals surface area contributed by atoms with E-state index in [2.05, 4.69) is 19.6 Å². The first-order valence-electron chi connectivity index (χ1n) is 9.05. The van der Waals surface area contributed by atoms with Gasteiger partial charge in [0.05, 0.1) is 18.6 Å². The fourth-order valence-corrected chi connectivity index (χ4v) is 5.49. The average molecular weight is 407 g/mol. The van der Waals surface area contributed by atoms with Gasteiger partial charge in [0.15, 0.2) is 0 Å². The standard InChI is InChI=1S/C19H26N2O4SSi/c1-11(22)14-17(23)21-15(19(24)25-8-9-27(2,3)4)16(26-18(14)21)12-6-5-7-13(20)10-12/h5-7,10-11,14,18,22H,8-9,20H2,1-4H3/t11-,14+,18-/m1/s1. The summed E-state index contributed by atoms with van der Waals surface area (Å²) in [6, 6.07) is 8.10. The van der Waals surface area contributed by atoms with E-state index in [4.69, 9.17) is 10.5 Å². The van der Waals surface area contributed by atoms with Crippen molar-refractivity contribution in [3.63, 3.8) is 0 Å². The first-order chi connectivity index (χ1) is 12.6. The number of aliphatic hydroxyl groups is 1. The molecule has 2 aliphatic heterocycles. The predicted octanol–water partition coefficient (Wildman–Crippen LogP) is 2.73. The van der Waals surface area contributed by atoms with Crippen LogP contribution in [0.5, 0.6) is 0 Å². The van der Waals surface area contributed by atoms with Gasteiger partial charge in [0.25, 0.3) is 0 Å². The molecule has 3 atom stereocenters. The van der Waals surface area contributed by atoms with Gasteiger partial charge in [-0.3, -0.25) is 9.69 Å². The second kappa shape index (κ2) is 7.33. The number of carbonyl (C=O) groups is 2. The highest BCUT2D eigenvalue weighted by molar-refractivity contribution is 8.09. The molecule has 2 aliphatic rings. The molecule has 1 amide bonds. The third-order valence-corrected chi connectivity index (χ3v) is 7.84. The molecule has 0 bridgehead atoms. The molecular weight excluding hydrogens is 380 g/mol. The maximum Gasteiger partial charge on any atom is 0.356 e. The number of β-lactam (4-membered cyclic amide) rings is 1. The van der Waals surface area contributed by atoms with E-state index in [1.54, 1.807) is 19.1 Å². The van der Waals surface area contributed by atoms with Crippen molar-refractivity contribution in [3.8, 4) is 0 Å². The minimum absolute atomic E-state index is 0.237. The van der Waals surface area contributed by atoms with Gasteiger partial charge in [-0.15, -0.1) is 0 Å². The summed E-state index contributed by atoms with van der Waals surface area (Å²) in [7, 11) is -1.34. The monoisotopic (exact) mass is 406 g/mol. The fourth-order valence-electron chi connectivity index (χ4n) is 3.17. The molecule has 6 nitrogen and oxygen atoms in total. The largest absolute Gasteiger partial charge is 0.461 e. The van der Waals surface area contributed by atoms with Crippen LogP contribution in [0.2, 0.25) is 25.7 Å². The maximum atomic E-state index is 12.8. The second-order valence-corrected chi connectivity index (χ2v) is 15.0. The molecular formula is C19H26N2O4SSi. The zero-order valence-electron chi connectivity index (χ0n) is 16.1. The highest BCUT2D eigenvalue weighted by Crippen LogP contribution is 2.54. The lowest BCUT2D eigenvalue weighted by Gasteiger charge is -2.43. The number of carbonyl (C=O) groups excluding carboxylic acids is 2. The molecule has 1 saturated heterocycles. The van der Waals surface area contributed by atoms with Crippen molar-refractivity contribution in [1.82, 2.24) is 4.90 Å². The number of hydrogen-bond donors (Lipinski definition) is 2. The number of anilines is 1. The molecule has 0 saturated carbocycles. The quantitative estimate of drug-likeness (QED) is 0.327. The van der Waals surface area contributed by atoms with Crippen LogP contribution in [0.4, 0.5) is 5.69 Å². The molecule has 146 valence electrons. The summed E-state index contributed by atoms with van der Waals surface area (Å²) in [5.74, 6) is -1.24.